The van der Waals surface area contributed by atoms with Crippen molar-refractivity contribution in [1.82, 2.24) is 10.3 Å². The quantitative estimate of drug-likeness (QED) is 0.670. The Morgan fingerprint density at radius 1 is 1.00 bits per heavy atom. The Labute approximate surface area is 169 Å². The minimum atomic E-state index is -0.241. The molecule has 0 fully saturated rings. The molecule has 0 saturated heterocycles. The van der Waals surface area contributed by atoms with E-state index in [1.54, 1.807) is 12.3 Å². The molecule has 0 atom stereocenters. The van der Waals surface area contributed by atoms with Crippen LogP contribution in [0.2, 0.25) is 0 Å². The zero-order valence-electron chi connectivity index (χ0n) is 16.3. The van der Waals surface area contributed by atoms with Gasteiger partial charge in [0.1, 0.15) is 5.69 Å². The van der Waals surface area contributed by atoms with E-state index in [1.807, 2.05) is 67.5 Å². The lowest BCUT2D eigenvalue weighted by molar-refractivity contribution is 0.0946. The van der Waals surface area contributed by atoms with Crippen molar-refractivity contribution >= 4 is 23.0 Å². The van der Waals surface area contributed by atoms with Crippen LogP contribution in [0.15, 0.2) is 60.8 Å². The molecule has 2 heterocycles. The van der Waals surface area contributed by atoms with Crippen LogP contribution in [-0.2, 0) is 6.54 Å². The van der Waals surface area contributed by atoms with Gasteiger partial charge in [0.15, 0.2) is 11.5 Å². The molecule has 4 rings (SSSR count). The average molecular weight is 390 g/mol. The molecule has 3 aromatic rings. The fourth-order valence-corrected chi connectivity index (χ4v) is 2.97. The van der Waals surface area contributed by atoms with E-state index in [1.165, 1.54) is 0 Å². The molecule has 29 heavy (non-hydrogen) atoms. The van der Waals surface area contributed by atoms with Gasteiger partial charge >= 0.3 is 0 Å². The van der Waals surface area contributed by atoms with Crippen molar-refractivity contribution in [3.8, 4) is 11.5 Å². The monoisotopic (exact) mass is 390 g/mol. The SMILES string of the molecule is CN(C)c1ccc(Nc2ccnc(C(=O)NCc3ccc4c(c3)OCO4)c2)cc1. The first-order chi connectivity index (χ1) is 14.1. The standard InChI is InChI=1S/C22H22N4O3/c1-26(2)18-6-4-16(5-7-18)25-17-9-10-23-19(12-17)22(27)24-13-15-3-8-20-21(11-15)29-14-28-20/h3-12H,13-14H2,1-2H3,(H,23,25)(H,24,27). The lowest BCUT2D eigenvalue weighted by atomic mass is 10.2. The molecule has 1 aromatic heterocycles. The van der Waals surface area contributed by atoms with Crippen LogP contribution < -0.4 is 25.0 Å². The summed E-state index contributed by atoms with van der Waals surface area (Å²) in [6, 6.07) is 17.2. The molecule has 7 nitrogen and oxygen atoms in total. The number of hydrogen-bond donors (Lipinski definition) is 2. The summed E-state index contributed by atoms with van der Waals surface area (Å²) >= 11 is 0. The van der Waals surface area contributed by atoms with Crippen LogP contribution >= 0.6 is 0 Å². The predicted molar refractivity (Wildman–Crippen MR) is 112 cm³/mol. The lowest BCUT2D eigenvalue weighted by Gasteiger charge is -2.13. The van der Waals surface area contributed by atoms with E-state index in [0.717, 1.165) is 28.4 Å². The molecule has 2 N–H and O–H groups in total. The topological polar surface area (TPSA) is 75.7 Å². The van der Waals surface area contributed by atoms with Crippen LogP contribution in [0.5, 0.6) is 11.5 Å². The Morgan fingerprint density at radius 3 is 2.59 bits per heavy atom. The molecule has 0 unspecified atom stereocenters. The molecule has 1 amide bonds. The summed E-state index contributed by atoms with van der Waals surface area (Å²) in [6.45, 7) is 0.605. The summed E-state index contributed by atoms with van der Waals surface area (Å²) in [5.41, 5.74) is 4.13. The van der Waals surface area contributed by atoms with Gasteiger partial charge in [-0.15, -0.1) is 0 Å². The molecular weight excluding hydrogens is 368 g/mol. The first-order valence-corrected chi connectivity index (χ1v) is 9.26. The van der Waals surface area contributed by atoms with Crippen molar-refractivity contribution in [2.45, 2.75) is 6.54 Å². The van der Waals surface area contributed by atoms with Gasteiger partial charge in [-0.2, -0.15) is 0 Å². The summed E-state index contributed by atoms with van der Waals surface area (Å²) in [6.07, 6.45) is 1.62. The molecule has 7 heteroatoms. The molecule has 0 aliphatic carbocycles. The zero-order chi connectivity index (χ0) is 20.2. The van der Waals surface area contributed by atoms with E-state index >= 15 is 0 Å². The molecule has 1 aliphatic heterocycles. The zero-order valence-corrected chi connectivity index (χ0v) is 16.3. The molecular formula is C22H22N4O3. The maximum absolute atomic E-state index is 12.5. The van der Waals surface area contributed by atoms with Gasteiger partial charge in [0.05, 0.1) is 0 Å². The van der Waals surface area contributed by atoms with Crippen LogP contribution in [-0.4, -0.2) is 31.8 Å². The fourth-order valence-electron chi connectivity index (χ4n) is 2.97. The third-order valence-corrected chi connectivity index (χ3v) is 4.56. The van der Waals surface area contributed by atoms with Gasteiger partial charge in [-0.3, -0.25) is 9.78 Å². The molecule has 0 spiro atoms. The van der Waals surface area contributed by atoms with E-state index in [-0.39, 0.29) is 12.7 Å². The number of amides is 1. The van der Waals surface area contributed by atoms with E-state index < -0.39 is 0 Å². The number of pyridine rings is 1. The second kappa shape index (κ2) is 8.10. The minimum Gasteiger partial charge on any atom is -0.454 e. The molecule has 2 aromatic carbocycles. The number of hydrogen-bond acceptors (Lipinski definition) is 6. The Morgan fingerprint density at radius 2 is 1.79 bits per heavy atom. The summed E-state index contributed by atoms with van der Waals surface area (Å²) in [7, 11) is 4.00. The normalized spacial score (nSPS) is 11.8. The number of nitrogens with zero attached hydrogens (tertiary/aromatic N) is 2. The van der Waals surface area contributed by atoms with Crippen LogP contribution in [0.25, 0.3) is 0 Å². The smallest absolute Gasteiger partial charge is 0.270 e. The number of carbonyl (C=O) groups is 1. The van der Waals surface area contributed by atoms with Crippen molar-refractivity contribution in [3.05, 3.63) is 72.1 Å². The summed E-state index contributed by atoms with van der Waals surface area (Å²) < 4.78 is 10.7. The maximum atomic E-state index is 12.5. The highest BCUT2D eigenvalue weighted by atomic mass is 16.7. The van der Waals surface area contributed by atoms with Crippen molar-refractivity contribution in [1.29, 1.82) is 0 Å². The van der Waals surface area contributed by atoms with Gasteiger partial charge in [0, 0.05) is 43.9 Å². The number of rotatable bonds is 6. The maximum Gasteiger partial charge on any atom is 0.270 e. The first-order valence-electron chi connectivity index (χ1n) is 9.26. The summed E-state index contributed by atoms with van der Waals surface area (Å²) in [5, 5.41) is 6.18. The number of ether oxygens (including phenoxy) is 2. The van der Waals surface area contributed by atoms with Gasteiger partial charge < -0.3 is 25.0 Å². The van der Waals surface area contributed by atoms with Gasteiger partial charge in [-0.1, -0.05) is 6.07 Å². The Kier molecular flexibility index (Phi) is 5.20. The number of aromatic nitrogens is 1. The highest BCUT2D eigenvalue weighted by Gasteiger charge is 2.14. The summed E-state index contributed by atoms with van der Waals surface area (Å²) in [5.74, 6) is 1.18. The number of carbonyl (C=O) groups excluding carboxylic acids is 1. The second-order valence-corrected chi connectivity index (χ2v) is 6.87. The highest BCUT2D eigenvalue weighted by Crippen LogP contribution is 2.32. The van der Waals surface area contributed by atoms with Crippen molar-refractivity contribution in [3.63, 3.8) is 0 Å². The van der Waals surface area contributed by atoms with E-state index in [2.05, 4.69) is 15.6 Å². The van der Waals surface area contributed by atoms with Crippen molar-refractivity contribution in [2.75, 3.05) is 31.1 Å². The van der Waals surface area contributed by atoms with E-state index in [4.69, 9.17) is 9.47 Å². The molecule has 148 valence electrons. The lowest BCUT2D eigenvalue weighted by Crippen LogP contribution is -2.23. The van der Waals surface area contributed by atoms with Crippen LogP contribution in [0.3, 0.4) is 0 Å². The Hall–Kier alpha value is -3.74. The van der Waals surface area contributed by atoms with Crippen LogP contribution in [0.1, 0.15) is 16.1 Å². The number of nitrogens with one attached hydrogen (secondary N) is 2. The molecule has 0 radical (unpaired) electrons. The number of fused-ring (bicyclic) bond motifs is 1. The molecule has 0 saturated carbocycles. The summed E-state index contributed by atoms with van der Waals surface area (Å²) in [4.78, 5) is 18.7. The largest absolute Gasteiger partial charge is 0.454 e. The van der Waals surface area contributed by atoms with E-state index in [9.17, 15) is 4.79 Å². The third kappa shape index (κ3) is 4.40. The van der Waals surface area contributed by atoms with Gasteiger partial charge in [-0.25, -0.2) is 0 Å². The van der Waals surface area contributed by atoms with E-state index in [0.29, 0.717) is 18.0 Å². The minimum absolute atomic E-state index is 0.229. The Balaban J connectivity index is 1.39. The average Bonchev–Trinajstić information content (AvgIpc) is 3.20. The molecule has 1 aliphatic rings. The number of benzene rings is 2. The van der Waals surface area contributed by atoms with Gasteiger partial charge in [-0.05, 0) is 54.1 Å². The van der Waals surface area contributed by atoms with Gasteiger partial charge in [0.25, 0.3) is 5.91 Å². The van der Waals surface area contributed by atoms with Crippen molar-refractivity contribution in [2.24, 2.45) is 0 Å². The fraction of sp³-hybridized carbons (Fsp3) is 0.182. The van der Waals surface area contributed by atoms with Crippen LogP contribution in [0.4, 0.5) is 17.1 Å². The highest BCUT2D eigenvalue weighted by molar-refractivity contribution is 5.93. The second-order valence-electron chi connectivity index (χ2n) is 6.87. The molecule has 0 bridgehead atoms. The number of anilines is 3. The van der Waals surface area contributed by atoms with Crippen molar-refractivity contribution < 1.29 is 14.3 Å². The van der Waals surface area contributed by atoms with Crippen LogP contribution in [0, 0.1) is 0 Å². The van der Waals surface area contributed by atoms with Gasteiger partial charge in [0.2, 0.25) is 6.79 Å². The third-order valence-electron chi connectivity index (χ3n) is 4.56. The first kappa shape index (κ1) is 18.6. The predicted octanol–water partition coefficient (Wildman–Crippen LogP) is 3.55. The Bertz CT molecular complexity index is 1020.